The molecule has 0 saturated carbocycles. The van der Waals surface area contributed by atoms with E-state index in [1.54, 1.807) is 54.0 Å². The minimum absolute atomic E-state index is 0.0906. The molecule has 3 N–H and O–H groups in total. The molecule has 3 aromatic carbocycles. The molecule has 0 saturated heterocycles. The van der Waals surface area contributed by atoms with Crippen LogP contribution < -0.4 is 5.69 Å². The number of aliphatic carboxylic acids is 1. The van der Waals surface area contributed by atoms with Gasteiger partial charge in [0.1, 0.15) is 0 Å². The monoisotopic (exact) mass is 526 g/mol. The smallest absolute Gasteiger partial charge is 0.330 e. The topological polar surface area (TPSA) is 121 Å². The number of hydroxylamine groups is 2. The number of carboxylic acids is 1. The number of rotatable bonds is 8. The average Bonchev–Trinajstić information content (AvgIpc) is 3.50. The van der Waals surface area contributed by atoms with Crippen molar-refractivity contribution in [3.63, 3.8) is 0 Å². The summed E-state index contributed by atoms with van der Waals surface area (Å²) >= 11 is 0. The van der Waals surface area contributed by atoms with Crippen molar-refractivity contribution < 1.29 is 19.9 Å². The second-order valence-electron chi connectivity index (χ2n) is 9.69. The summed E-state index contributed by atoms with van der Waals surface area (Å²) in [6.07, 6.45) is 1.57. The molecule has 0 spiro atoms. The van der Waals surface area contributed by atoms with Crippen LogP contribution in [0.25, 0.3) is 21.9 Å². The lowest BCUT2D eigenvalue weighted by molar-refractivity contribution is -0.137. The largest absolute Gasteiger partial charge is 0.481 e. The third kappa shape index (κ3) is 4.51. The lowest BCUT2D eigenvalue weighted by Crippen LogP contribution is -2.31. The summed E-state index contributed by atoms with van der Waals surface area (Å²) in [6.45, 7) is 5.68. The minimum Gasteiger partial charge on any atom is -0.481 e. The van der Waals surface area contributed by atoms with Crippen LogP contribution in [-0.2, 0) is 4.79 Å². The first-order valence-electron chi connectivity index (χ1n) is 12.8. The zero-order valence-corrected chi connectivity index (χ0v) is 22.0. The number of imidazole rings is 1. The fourth-order valence-corrected chi connectivity index (χ4v) is 5.41. The van der Waals surface area contributed by atoms with E-state index in [0.717, 1.165) is 22.0 Å². The second kappa shape index (κ2) is 10.3. The van der Waals surface area contributed by atoms with Crippen LogP contribution in [0.4, 0.5) is 0 Å². The Hall–Kier alpha value is -4.63. The zero-order chi connectivity index (χ0) is 27.8. The molecule has 2 aromatic heterocycles. The molecule has 2 heterocycles. The van der Waals surface area contributed by atoms with Crippen molar-refractivity contribution in [3.05, 3.63) is 106 Å². The zero-order valence-electron chi connectivity index (χ0n) is 22.0. The number of carboxylic acid groups (broad SMARTS) is 1. The quantitative estimate of drug-likeness (QED) is 0.192. The predicted octanol–water partition coefficient (Wildman–Crippen LogP) is 5.12. The van der Waals surface area contributed by atoms with Crippen LogP contribution in [0.5, 0.6) is 0 Å². The molecule has 2 unspecified atom stereocenters. The Kier molecular flexibility index (Phi) is 6.84. The lowest BCUT2D eigenvalue weighted by Gasteiger charge is -2.18. The lowest BCUT2D eigenvalue weighted by atomic mass is 10.0. The second-order valence-corrected chi connectivity index (χ2v) is 9.69. The molecule has 0 fully saturated rings. The van der Waals surface area contributed by atoms with Gasteiger partial charge in [0.2, 0.25) is 0 Å². The number of H-pyrrole nitrogens is 1. The molecule has 5 rings (SSSR count). The summed E-state index contributed by atoms with van der Waals surface area (Å²) in [6, 6.07) is 18.5. The molecule has 200 valence electrons. The van der Waals surface area contributed by atoms with Gasteiger partial charge in [-0.2, -0.15) is 0 Å². The Balaban J connectivity index is 1.80. The van der Waals surface area contributed by atoms with Gasteiger partial charge < -0.3 is 10.1 Å². The van der Waals surface area contributed by atoms with E-state index in [0.29, 0.717) is 21.7 Å². The van der Waals surface area contributed by atoms with E-state index >= 15 is 0 Å². The average molecular weight is 527 g/mol. The number of carbonyl (C=O) groups is 2. The Morgan fingerprint density at radius 3 is 2.44 bits per heavy atom. The number of benzene rings is 3. The molecule has 0 bridgehead atoms. The summed E-state index contributed by atoms with van der Waals surface area (Å²) in [5.74, 6) is -1.67. The van der Waals surface area contributed by atoms with Crippen molar-refractivity contribution in [2.75, 3.05) is 6.54 Å². The molecule has 9 nitrogen and oxygen atoms in total. The summed E-state index contributed by atoms with van der Waals surface area (Å²) in [5, 5.41) is 21.5. The summed E-state index contributed by atoms with van der Waals surface area (Å²) in [7, 11) is 0. The number of carbonyl (C=O) groups excluding carboxylic acids is 1. The van der Waals surface area contributed by atoms with Gasteiger partial charge in [0.25, 0.3) is 5.91 Å². The molecule has 0 radical (unpaired) electrons. The first-order chi connectivity index (χ1) is 18.7. The highest BCUT2D eigenvalue weighted by atomic mass is 16.5. The van der Waals surface area contributed by atoms with E-state index in [4.69, 9.17) is 0 Å². The Labute approximate surface area is 224 Å². The predicted molar refractivity (Wildman–Crippen MR) is 148 cm³/mol. The first kappa shape index (κ1) is 26.0. The van der Waals surface area contributed by atoms with Crippen LogP contribution in [0.15, 0.2) is 77.7 Å². The summed E-state index contributed by atoms with van der Waals surface area (Å²) in [4.78, 5) is 42.4. The third-order valence-corrected chi connectivity index (χ3v) is 7.33. The number of nitrogens with one attached hydrogen (secondary N) is 1. The van der Waals surface area contributed by atoms with Crippen molar-refractivity contribution >= 4 is 33.8 Å². The van der Waals surface area contributed by atoms with E-state index in [1.807, 2.05) is 44.3 Å². The molecular weight excluding hydrogens is 496 g/mol. The molecule has 2 atom stereocenters. The normalized spacial score (nSPS) is 13.0. The number of amides is 1. The fourth-order valence-electron chi connectivity index (χ4n) is 5.41. The molecule has 1 amide bonds. The van der Waals surface area contributed by atoms with Crippen molar-refractivity contribution in [1.82, 2.24) is 19.2 Å². The number of aryl methyl sites for hydroxylation is 1. The highest BCUT2D eigenvalue weighted by molar-refractivity contribution is 5.97. The maximum atomic E-state index is 14.3. The van der Waals surface area contributed by atoms with Gasteiger partial charge in [0, 0.05) is 34.8 Å². The van der Waals surface area contributed by atoms with Gasteiger partial charge in [-0.15, -0.1) is 0 Å². The standard InChI is InChI=1S/C30H30N4O5/c1-4-32(39)29(37)21-13-14-24-26(15-21)34(25(16-27(35)36)20-10-6-5-7-11-20)30(38)33(24)19(3)22-17-31-23-12-8-9-18(2)28(22)23/h5-15,17,19,25,31,39H,4,16H2,1-3H3,(H,35,36). The van der Waals surface area contributed by atoms with Crippen molar-refractivity contribution in [2.24, 2.45) is 0 Å². The van der Waals surface area contributed by atoms with E-state index < -0.39 is 29.6 Å². The van der Waals surface area contributed by atoms with Crippen LogP contribution >= 0.6 is 0 Å². The number of hydrogen-bond acceptors (Lipinski definition) is 4. The molecule has 39 heavy (non-hydrogen) atoms. The maximum Gasteiger partial charge on any atom is 0.330 e. The van der Waals surface area contributed by atoms with Gasteiger partial charge in [-0.1, -0.05) is 42.5 Å². The van der Waals surface area contributed by atoms with Crippen molar-refractivity contribution in [1.29, 1.82) is 0 Å². The SMILES string of the molecule is CCN(O)C(=O)c1ccc2c(c1)n(C(CC(=O)O)c1ccccc1)c(=O)n2C(C)c1c[nH]c2cccc(C)c12. The molecule has 0 aliphatic rings. The minimum atomic E-state index is -1.06. The van der Waals surface area contributed by atoms with Gasteiger partial charge in [0.15, 0.2) is 0 Å². The Morgan fingerprint density at radius 1 is 1.00 bits per heavy atom. The molecule has 0 aliphatic carbocycles. The van der Waals surface area contributed by atoms with E-state index in [2.05, 4.69) is 4.98 Å². The highest BCUT2D eigenvalue weighted by Crippen LogP contribution is 2.33. The first-order valence-corrected chi connectivity index (χ1v) is 12.8. The van der Waals surface area contributed by atoms with E-state index in [9.17, 15) is 24.7 Å². The molecule has 0 aliphatic heterocycles. The van der Waals surface area contributed by atoms with Crippen LogP contribution in [0.3, 0.4) is 0 Å². The molecule has 5 aromatic rings. The maximum absolute atomic E-state index is 14.3. The van der Waals surface area contributed by atoms with Gasteiger partial charge in [-0.3, -0.25) is 23.9 Å². The van der Waals surface area contributed by atoms with Crippen molar-refractivity contribution in [2.45, 2.75) is 39.3 Å². The molecule has 9 heteroatoms. The highest BCUT2D eigenvalue weighted by Gasteiger charge is 2.28. The van der Waals surface area contributed by atoms with Gasteiger partial charge in [0.05, 0.1) is 29.5 Å². The van der Waals surface area contributed by atoms with Crippen LogP contribution in [0.2, 0.25) is 0 Å². The van der Waals surface area contributed by atoms with Crippen LogP contribution in [-0.4, -0.2) is 47.9 Å². The van der Waals surface area contributed by atoms with Crippen LogP contribution in [0, 0.1) is 6.92 Å². The van der Waals surface area contributed by atoms with Gasteiger partial charge >= 0.3 is 11.7 Å². The number of aromatic amines is 1. The number of aromatic nitrogens is 3. The Morgan fingerprint density at radius 2 is 1.74 bits per heavy atom. The van der Waals surface area contributed by atoms with Gasteiger partial charge in [-0.05, 0) is 56.2 Å². The summed E-state index contributed by atoms with van der Waals surface area (Å²) < 4.78 is 3.11. The van der Waals surface area contributed by atoms with E-state index in [-0.39, 0.29) is 18.5 Å². The Bertz CT molecular complexity index is 1750. The third-order valence-electron chi connectivity index (χ3n) is 7.33. The van der Waals surface area contributed by atoms with Gasteiger partial charge in [-0.25, -0.2) is 9.86 Å². The number of hydrogen-bond donors (Lipinski definition) is 3. The van der Waals surface area contributed by atoms with Crippen LogP contribution in [0.1, 0.15) is 59.4 Å². The molecular formula is C30H30N4O5. The summed E-state index contributed by atoms with van der Waals surface area (Å²) in [5.41, 5.74) is 4.37. The fraction of sp³-hybridized carbons (Fsp3) is 0.233. The number of nitrogens with zero attached hydrogens (tertiary/aromatic N) is 3. The number of fused-ring (bicyclic) bond motifs is 2. The van der Waals surface area contributed by atoms with E-state index in [1.165, 1.54) is 4.57 Å². The van der Waals surface area contributed by atoms with Crippen molar-refractivity contribution in [3.8, 4) is 0 Å².